The number of rotatable bonds is 4. The predicted molar refractivity (Wildman–Crippen MR) is 63.9 cm³/mol. The van der Waals surface area contributed by atoms with E-state index in [1.165, 1.54) is 11.1 Å². The third kappa shape index (κ3) is 2.84. The summed E-state index contributed by atoms with van der Waals surface area (Å²) in [7, 11) is 0. The quantitative estimate of drug-likeness (QED) is 0.827. The van der Waals surface area contributed by atoms with Gasteiger partial charge in [0.1, 0.15) is 6.04 Å². The molecule has 0 aliphatic carbocycles. The van der Waals surface area contributed by atoms with E-state index >= 15 is 0 Å². The minimum atomic E-state index is -0.839. The van der Waals surface area contributed by atoms with Crippen molar-refractivity contribution in [1.29, 1.82) is 0 Å². The average molecular weight is 235 g/mol. The molecule has 0 amide bonds. The second-order valence-corrected chi connectivity index (χ2v) is 4.28. The molecule has 1 aromatic carbocycles. The summed E-state index contributed by atoms with van der Waals surface area (Å²) in [4.78, 5) is 10.7. The highest BCUT2D eigenvalue weighted by Crippen LogP contribution is 2.26. The van der Waals surface area contributed by atoms with Crippen LogP contribution in [-0.2, 0) is 16.0 Å². The van der Waals surface area contributed by atoms with Crippen LogP contribution in [0.4, 0.5) is 0 Å². The van der Waals surface area contributed by atoms with Gasteiger partial charge in [0.25, 0.3) is 0 Å². The molecule has 0 radical (unpaired) electrons. The Bertz CT molecular complexity index is 405. The molecule has 2 unspecified atom stereocenters. The number of carboxylic acid groups (broad SMARTS) is 1. The van der Waals surface area contributed by atoms with Crippen LogP contribution >= 0.6 is 0 Å². The molecule has 1 aromatic rings. The largest absolute Gasteiger partial charge is 0.480 e. The Morgan fingerprint density at radius 1 is 1.59 bits per heavy atom. The van der Waals surface area contributed by atoms with Gasteiger partial charge in [-0.15, -0.1) is 0 Å². The molecule has 0 bridgehead atoms. The summed E-state index contributed by atoms with van der Waals surface area (Å²) >= 11 is 0. The molecule has 0 fully saturated rings. The topological polar surface area (TPSA) is 58.6 Å². The van der Waals surface area contributed by atoms with Gasteiger partial charge in [0.2, 0.25) is 0 Å². The SMILES string of the molecule is CC(NCC1OCCc2ccccc21)C(=O)O. The van der Waals surface area contributed by atoms with Crippen LogP contribution in [0.3, 0.4) is 0 Å². The lowest BCUT2D eigenvalue weighted by molar-refractivity contribution is -0.139. The van der Waals surface area contributed by atoms with Crippen LogP contribution in [0.5, 0.6) is 0 Å². The summed E-state index contributed by atoms with van der Waals surface area (Å²) < 4.78 is 5.68. The smallest absolute Gasteiger partial charge is 0.320 e. The molecule has 1 heterocycles. The van der Waals surface area contributed by atoms with Crippen molar-refractivity contribution in [2.45, 2.75) is 25.5 Å². The fraction of sp³-hybridized carbons (Fsp3) is 0.462. The van der Waals surface area contributed by atoms with Crippen LogP contribution in [-0.4, -0.2) is 30.3 Å². The first kappa shape index (κ1) is 12.1. The summed E-state index contributed by atoms with van der Waals surface area (Å²) in [5, 5.41) is 11.8. The maximum absolute atomic E-state index is 10.7. The maximum atomic E-state index is 10.7. The molecule has 17 heavy (non-hydrogen) atoms. The highest BCUT2D eigenvalue weighted by Gasteiger charge is 2.21. The van der Waals surface area contributed by atoms with Gasteiger partial charge in [0.15, 0.2) is 0 Å². The monoisotopic (exact) mass is 235 g/mol. The normalized spacial score (nSPS) is 20.6. The lowest BCUT2D eigenvalue weighted by Crippen LogP contribution is -2.38. The number of fused-ring (bicyclic) bond motifs is 1. The van der Waals surface area contributed by atoms with E-state index < -0.39 is 12.0 Å². The third-order valence-electron chi connectivity index (χ3n) is 3.07. The van der Waals surface area contributed by atoms with Gasteiger partial charge in [-0.3, -0.25) is 4.79 Å². The first-order valence-corrected chi connectivity index (χ1v) is 5.84. The molecular formula is C13H17NO3. The number of carbonyl (C=O) groups is 1. The molecule has 4 nitrogen and oxygen atoms in total. The van der Waals surface area contributed by atoms with Gasteiger partial charge in [-0.05, 0) is 24.5 Å². The molecule has 1 aliphatic rings. The molecule has 0 aromatic heterocycles. The molecule has 2 atom stereocenters. The van der Waals surface area contributed by atoms with Crippen molar-refractivity contribution < 1.29 is 14.6 Å². The van der Waals surface area contributed by atoms with Crippen LogP contribution < -0.4 is 5.32 Å². The van der Waals surface area contributed by atoms with E-state index in [9.17, 15) is 4.79 Å². The van der Waals surface area contributed by atoms with E-state index in [4.69, 9.17) is 9.84 Å². The molecule has 2 N–H and O–H groups in total. The molecule has 4 heteroatoms. The summed E-state index contributed by atoms with van der Waals surface area (Å²) in [5.41, 5.74) is 2.47. The predicted octanol–water partition coefficient (Wildman–Crippen LogP) is 1.36. The fourth-order valence-corrected chi connectivity index (χ4v) is 2.02. The lowest BCUT2D eigenvalue weighted by Gasteiger charge is -2.27. The first-order chi connectivity index (χ1) is 8.18. The van der Waals surface area contributed by atoms with Crippen molar-refractivity contribution in [3.8, 4) is 0 Å². The van der Waals surface area contributed by atoms with Gasteiger partial charge < -0.3 is 15.2 Å². The van der Waals surface area contributed by atoms with Gasteiger partial charge >= 0.3 is 5.97 Å². The van der Waals surface area contributed by atoms with Crippen molar-refractivity contribution >= 4 is 5.97 Å². The minimum Gasteiger partial charge on any atom is -0.480 e. The average Bonchev–Trinajstić information content (AvgIpc) is 2.35. The summed E-state index contributed by atoms with van der Waals surface area (Å²) in [5.74, 6) is -0.839. The van der Waals surface area contributed by atoms with E-state index in [2.05, 4.69) is 11.4 Å². The van der Waals surface area contributed by atoms with Gasteiger partial charge in [-0.25, -0.2) is 0 Å². The van der Waals surface area contributed by atoms with Gasteiger partial charge in [0.05, 0.1) is 12.7 Å². The Kier molecular flexibility index (Phi) is 3.76. The number of hydrogen-bond acceptors (Lipinski definition) is 3. The Morgan fingerprint density at radius 3 is 3.12 bits per heavy atom. The molecule has 92 valence electrons. The number of nitrogens with one attached hydrogen (secondary N) is 1. The molecule has 0 spiro atoms. The Morgan fingerprint density at radius 2 is 2.35 bits per heavy atom. The third-order valence-corrected chi connectivity index (χ3v) is 3.07. The van der Waals surface area contributed by atoms with Crippen LogP contribution in [0.15, 0.2) is 24.3 Å². The van der Waals surface area contributed by atoms with Crippen LogP contribution in [0.25, 0.3) is 0 Å². The zero-order valence-corrected chi connectivity index (χ0v) is 9.85. The van der Waals surface area contributed by atoms with Crippen LogP contribution in [0.2, 0.25) is 0 Å². The molecular weight excluding hydrogens is 218 g/mol. The zero-order valence-electron chi connectivity index (χ0n) is 9.85. The van der Waals surface area contributed by atoms with Gasteiger partial charge in [-0.1, -0.05) is 24.3 Å². The van der Waals surface area contributed by atoms with Crippen LogP contribution in [0, 0.1) is 0 Å². The second-order valence-electron chi connectivity index (χ2n) is 4.28. The number of ether oxygens (including phenoxy) is 1. The molecule has 2 rings (SSSR count). The van der Waals surface area contributed by atoms with E-state index in [-0.39, 0.29) is 6.10 Å². The number of benzene rings is 1. The molecule has 1 aliphatic heterocycles. The van der Waals surface area contributed by atoms with Crippen LogP contribution in [0.1, 0.15) is 24.2 Å². The highest BCUT2D eigenvalue weighted by atomic mass is 16.5. The summed E-state index contributed by atoms with van der Waals surface area (Å²) in [6, 6.07) is 7.61. The molecule has 0 saturated heterocycles. The minimum absolute atomic E-state index is 0.0400. The Balaban J connectivity index is 2.01. The summed E-state index contributed by atoms with van der Waals surface area (Å²) in [6.07, 6.45) is 0.892. The number of aliphatic carboxylic acids is 1. The number of carboxylic acids is 1. The fourth-order valence-electron chi connectivity index (χ4n) is 2.02. The van der Waals surface area contributed by atoms with Gasteiger partial charge in [-0.2, -0.15) is 0 Å². The van der Waals surface area contributed by atoms with Crippen molar-refractivity contribution in [1.82, 2.24) is 5.32 Å². The second kappa shape index (κ2) is 5.29. The van der Waals surface area contributed by atoms with Gasteiger partial charge in [0, 0.05) is 6.54 Å². The summed E-state index contributed by atoms with van der Waals surface area (Å²) in [6.45, 7) is 2.87. The van der Waals surface area contributed by atoms with Crippen molar-refractivity contribution in [3.63, 3.8) is 0 Å². The van der Waals surface area contributed by atoms with Crippen molar-refractivity contribution in [2.24, 2.45) is 0 Å². The van der Waals surface area contributed by atoms with E-state index in [0.29, 0.717) is 13.2 Å². The first-order valence-electron chi connectivity index (χ1n) is 5.84. The lowest BCUT2D eigenvalue weighted by atomic mass is 9.97. The maximum Gasteiger partial charge on any atom is 0.320 e. The van der Waals surface area contributed by atoms with E-state index in [0.717, 1.165) is 6.42 Å². The zero-order chi connectivity index (χ0) is 12.3. The van der Waals surface area contributed by atoms with Crippen molar-refractivity contribution in [2.75, 3.05) is 13.2 Å². The van der Waals surface area contributed by atoms with E-state index in [1.54, 1.807) is 6.92 Å². The standard InChI is InChI=1S/C13H17NO3/c1-9(13(15)16)14-8-12-11-5-3-2-4-10(11)6-7-17-12/h2-5,9,12,14H,6-8H2,1H3,(H,15,16). The highest BCUT2D eigenvalue weighted by molar-refractivity contribution is 5.72. The Labute approximate surface area is 101 Å². The van der Waals surface area contributed by atoms with Crippen molar-refractivity contribution in [3.05, 3.63) is 35.4 Å². The number of hydrogen-bond donors (Lipinski definition) is 2. The molecule has 0 saturated carbocycles. The van der Waals surface area contributed by atoms with E-state index in [1.807, 2.05) is 18.2 Å². The Hall–Kier alpha value is -1.39.